The van der Waals surface area contributed by atoms with Gasteiger partial charge in [0.1, 0.15) is 11.3 Å². The molecule has 0 aliphatic rings. The summed E-state index contributed by atoms with van der Waals surface area (Å²) in [5.74, 6) is 1.13. The molecule has 3 aromatic heterocycles. The number of nitrogens with zero attached hydrogens (tertiary/aromatic N) is 5. The summed E-state index contributed by atoms with van der Waals surface area (Å²) in [6, 6.07) is 11.0. The highest BCUT2D eigenvalue weighted by atomic mass is 35.5. The topological polar surface area (TPSA) is 77.1 Å². The van der Waals surface area contributed by atoms with Crippen molar-refractivity contribution in [3.8, 4) is 11.4 Å². The third-order valence-corrected chi connectivity index (χ3v) is 4.63. The zero-order chi connectivity index (χ0) is 19.0. The Morgan fingerprint density at radius 2 is 2.11 bits per heavy atom. The van der Waals surface area contributed by atoms with E-state index in [1.54, 1.807) is 36.5 Å². The fourth-order valence-electron chi connectivity index (χ4n) is 2.93. The second-order valence-corrected chi connectivity index (χ2v) is 6.59. The summed E-state index contributed by atoms with van der Waals surface area (Å²) in [6.07, 6.45) is 3.10. The zero-order valence-electron chi connectivity index (χ0n) is 14.8. The van der Waals surface area contributed by atoms with Crippen molar-refractivity contribution in [3.05, 3.63) is 65.1 Å². The molecule has 0 spiro atoms. The Balaban J connectivity index is 1.68. The van der Waals surface area contributed by atoms with Crippen molar-refractivity contribution < 1.29 is 9.32 Å². The first-order valence-electron chi connectivity index (χ1n) is 8.27. The van der Waals surface area contributed by atoms with Crippen LogP contribution in [-0.2, 0) is 13.6 Å². The predicted molar refractivity (Wildman–Crippen MR) is 101 cm³/mol. The van der Waals surface area contributed by atoms with Gasteiger partial charge >= 0.3 is 0 Å². The van der Waals surface area contributed by atoms with E-state index in [0.29, 0.717) is 39.9 Å². The van der Waals surface area contributed by atoms with Gasteiger partial charge in [0.25, 0.3) is 5.91 Å². The second-order valence-electron chi connectivity index (χ2n) is 6.18. The minimum atomic E-state index is -0.175. The number of carbonyl (C=O) groups is 1. The van der Waals surface area contributed by atoms with E-state index < -0.39 is 0 Å². The molecule has 4 aromatic rings. The Kier molecular flexibility index (Phi) is 4.37. The lowest BCUT2D eigenvalue weighted by molar-refractivity contribution is 0.0772. The minimum absolute atomic E-state index is 0.175. The average molecular weight is 382 g/mol. The van der Waals surface area contributed by atoms with Crippen molar-refractivity contribution in [1.82, 2.24) is 24.6 Å². The maximum absolute atomic E-state index is 12.7. The molecule has 1 aromatic carbocycles. The van der Waals surface area contributed by atoms with Gasteiger partial charge < -0.3 is 14.0 Å². The molecule has 0 aliphatic carbocycles. The molecular formula is C19H16ClN5O2. The van der Waals surface area contributed by atoms with Crippen molar-refractivity contribution in [2.45, 2.75) is 6.54 Å². The van der Waals surface area contributed by atoms with E-state index in [0.717, 1.165) is 5.56 Å². The quantitative estimate of drug-likeness (QED) is 0.540. The number of hydrogen-bond donors (Lipinski definition) is 0. The number of aromatic nitrogens is 4. The summed E-state index contributed by atoms with van der Waals surface area (Å²) in [7, 11) is 3.57. The molecular weight excluding hydrogens is 366 g/mol. The summed E-state index contributed by atoms with van der Waals surface area (Å²) >= 11 is 6.30. The molecule has 27 heavy (non-hydrogen) atoms. The summed E-state index contributed by atoms with van der Waals surface area (Å²) in [5.41, 5.74) is 2.58. The fourth-order valence-corrected chi connectivity index (χ4v) is 3.15. The van der Waals surface area contributed by atoms with Crippen LogP contribution in [0.15, 0.2) is 53.3 Å². The maximum atomic E-state index is 12.7. The van der Waals surface area contributed by atoms with E-state index in [2.05, 4.69) is 15.1 Å². The average Bonchev–Trinajstić information content (AvgIpc) is 3.29. The number of imidazole rings is 1. The Labute approximate surface area is 160 Å². The van der Waals surface area contributed by atoms with Gasteiger partial charge in [0.05, 0.1) is 23.3 Å². The predicted octanol–water partition coefficient (Wildman–Crippen LogP) is 3.55. The number of carbonyl (C=O) groups excluding carboxylic acids is 1. The molecule has 0 N–H and O–H groups in total. The van der Waals surface area contributed by atoms with Crippen molar-refractivity contribution in [2.75, 3.05) is 7.05 Å². The van der Waals surface area contributed by atoms with E-state index >= 15 is 0 Å². The Morgan fingerprint density at radius 3 is 2.85 bits per heavy atom. The third-order valence-electron chi connectivity index (χ3n) is 4.30. The van der Waals surface area contributed by atoms with Crippen LogP contribution in [0.5, 0.6) is 0 Å². The van der Waals surface area contributed by atoms with E-state index in [1.165, 1.54) is 0 Å². The summed E-state index contributed by atoms with van der Waals surface area (Å²) in [4.78, 5) is 23.3. The lowest BCUT2D eigenvalue weighted by atomic mass is 10.2. The van der Waals surface area contributed by atoms with E-state index in [4.69, 9.17) is 16.1 Å². The fraction of sp³-hybridized carbons (Fsp3) is 0.158. The van der Waals surface area contributed by atoms with Gasteiger partial charge in [0, 0.05) is 31.9 Å². The van der Waals surface area contributed by atoms with E-state index in [1.807, 2.05) is 35.9 Å². The van der Waals surface area contributed by atoms with E-state index in [9.17, 15) is 4.79 Å². The number of fused-ring (bicyclic) bond motifs is 1. The molecule has 7 nitrogen and oxygen atoms in total. The second kappa shape index (κ2) is 6.85. The smallest absolute Gasteiger partial charge is 0.255 e. The lowest BCUT2D eigenvalue weighted by Crippen LogP contribution is -2.26. The number of benzene rings is 1. The lowest BCUT2D eigenvalue weighted by Gasteiger charge is -2.15. The monoisotopic (exact) mass is 381 g/mol. The number of hydrogen-bond acceptors (Lipinski definition) is 5. The Morgan fingerprint density at radius 1 is 1.30 bits per heavy atom. The number of rotatable bonds is 4. The van der Waals surface area contributed by atoms with Gasteiger partial charge in [-0.1, -0.05) is 28.9 Å². The van der Waals surface area contributed by atoms with Gasteiger partial charge in [-0.05, 0) is 18.2 Å². The van der Waals surface area contributed by atoms with Gasteiger partial charge in [-0.15, -0.1) is 0 Å². The van der Waals surface area contributed by atoms with Crippen LogP contribution in [-0.4, -0.2) is 37.5 Å². The highest BCUT2D eigenvalue weighted by Crippen LogP contribution is 2.29. The van der Waals surface area contributed by atoms with Crippen LogP contribution in [0.3, 0.4) is 0 Å². The van der Waals surface area contributed by atoms with Crippen LogP contribution in [0, 0.1) is 0 Å². The standard InChI is InChI=1S/C19H16ClN5O2/c1-24(11-13-7-8-22-27-13)19(26)12-9-16-18(21-10-12)25(2)17(23-16)14-5-3-4-6-15(14)20/h3-10H,11H2,1-2H3. The van der Waals surface area contributed by atoms with Crippen LogP contribution in [0.4, 0.5) is 0 Å². The molecule has 0 radical (unpaired) electrons. The summed E-state index contributed by atoms with van der Waals surface area (Å²) in [5, 5.41) is 4.26. The third kappa shape index (κ3) is 3.17. The molecule has 0 aliphatic heterocycles. The van der Waals surface area contributed by atoms with E-state index in [-0.39, 0.29) is 5.91 Å². The van der Waals surface area contributed by atoms with Gasteiger partial charge in [0.2, 0.25) is 0 Å². The molecule has 4 rings (SSSR count). The van der Waals surface area contributed by atoms with Gasteiger partial charge in [-0.3, -0.25) is 4.79 Å². The van der Waals surface area contributed by atoms with Crippen LogP contribution in [0.2, 0.25) is 5.02 Å². The van der Waals surface area contributed by atoms with Crippen molar-refractivity contribution in [3.63, 3.8) is 0 Å². The molecule has 136 valence electrons. The molecule has 3 heterocycles. The van der Waals surface area contributed by atoms with Crippen molar-refractivity contribution in [1.29, 1.82) is 0 Å². The summed E-state index contributed by atoms with van der Waals surface area (Å²) < 4.78 is 6.92. The molecule has 8 heteroatoms. The first-order valence-corrected chi connectivity index (χ1v) is 8.65. The van der Waals surface area contributed by atoms with Gasteiger partial charge in [0.15, 0.2) is 11.4 Å². The highest BCUT2D eigenvalue weighted by molar-refractivity contribution is 6.33. The number of pyridine rings is 1. The molecule has 1 amide bonds. The molecule has 0 fully saturated rings. The van der Waals surface area contributed by atoms with Crippen molar-refractivity contribution in [2.24, 2.45) is 7.05 Å². The van der Waals surface area contributed by atoms with Gasteiger partial charge in [-0.25, -0.2) is 9.97 Å². The molecule has 0 unspecified atom stereocenters. The Bertz CT molecular complexity index is 1120. The molecule has 0 saturated carbocycles. The normalized spacial score (nSPS) is 11.1. The number of aryl methyl sites for hydroxylation is 1. The van der Waals surface area contributed by atoms with Crippen LogP contribution in [0.1, 0.15) is 16.1 Å². The number of halogens is 1. The van der Waals surface area contributed by atoms with Crippen LogP contribution in [0.25, 0.3) is 22.6 Å². The SMILES string of the molecule is CN(Cc1ccno1)C(=O)c1cnc2c(c1)nc(-c1ccccc1Cl)n2C. The minimum Gasteiger partial charge on any atom is -0.360 e. The molecule has 0 bridgehead atoms. The largest absolute Gasteiger partial charge is 0.360 e. The zero-order valence-corrected chi connectivity index (χ0v) is 15.5. The maximum Gasteiger partial charge on any atom is 0.255 e. The highest BCUT2D eigenvalue weighted by Gasteiger charge is 2.18. The van der Waals surface area contributed by atoms with Crippen LogP contribution >= 0.6 is 11.6 Å². The Hall–Kier alpha value is -3.19. The van der Waals surface area contributed by atoms with Crippen molar-refractivity contribution >= 4 is 28.7 Å². The number of amides is 1. The summed E-state index contributed by atoms with van der Waals surface area (Å²) in [6.45, 7) is 0.323. The first-order chi connectivity index (χ1) is 13.0. The first kappa shape index (κ1) is 17.2. The van der Waals surface area contributed by atoms with Crippen LogP contribution < -0.4 is 0 Å². The molecule has 0 atom stereocenters. The van der Waals surface area contributed by atoms with Gasteiger partial charge in [-0.2, -0.15) is 0 Å². The molecule has 0 saturated heterocycles.